The van der Waals surface area contributed by atoms with Crippen molar-refractivity contribution in [3.05, 3.63) is 24.5 Å². The van der Waals surface area contributed by atoms with Gasteiger partial charge in [0.05, 0.1) is 17.0 Å². The van der Waals surface area contributed by atoms with Gasteiger partial charge < -0.3 is 8.94 Å². The summed E-state index contributed by atoms with van der Waals surface area (Å²) in [5, 5.41) is 5.43. The lowest BCUT2D eigenvalue weighted by atomic mass is 10.3. The second kappa shape index (κ2) is 1.85. The zero-order valence-corrected chi connectivity index (χ0v) is 6.02. The molecule has 3 aromatic heterocycles. The van der Waals surface area contributed by atoms with Crippen LogP contribution < -0.4 is 0 Å². The van der Waals surface area contributed by atoms with Gasteiger partial charge in [0.1, 0.15) is 0 Å². The number of pyridine rings is 1. The molecule has 4 heteroatoms. The fourth-order valence-electron chi connectivity index (χ4n) is 1.25. The van der Waals surface area contributed by atoms with Crippen LogP contribution in [0.4, 0.5) is 0 Å². The molecular formula is C8H4N2O2. The first-order valence-corrected chi connectivity index (χ1v) is 3.53. The average molecular weight is 160 g/mol. The molecule has 0 amide bonds. The molecule has 0 radical (unpaired) electrons. The van der Waals surface area contributed by atoms with Gasteiger partial charge in [-0.1, -0.05) is 5.16 Å². The molecule has 3 aromatic rings. The van der Waals surface area contributed by atoms with Crippen molar-refractivity contribution in [2.24, 2.45) is 0 Å². The van der Waals surface area contributed by atoms with Crippen molar-refractivity contribution in [3.8, 4) is 0 Å². The zero-order chi connectivity index (χ0) is 7.97. The molecule has 12 heavy (non-hydrogen) atoms. The van der Waals surface area contributed by atoms with Crippen LogP contribution in [0.25, 0.3) is 22.3 Å². The van der Waals surface area contributed by atoms with Crippen LogP contribution in [-0.4, -0.2) is 10.1 Å². The SMILES string of the molecule is c1cnc2oc3oncc3c2c1. The van der Waals surface area contributed by atoms with Crippen molar-refractivity contribution < 1.29 is 8.94 Å². The van der Waals surface area contributed by atoms with Crippen molar-refractivity contribution in [2.75, 3.05) is 0 Å². The van der Waals surface area contributed by atoms with E-state index in [2.05, 4.69) is 10.1 Å². The number of furan rings is 1. The highest BCUT2D eigenvalue weighted by atomic mass is 16.5. The van der Waals surface area contributed by atoms with Gasteiger partial charge in [-0.15, -0.1) is 0 Å². The van der Waals surface area contributed by atoms with Gasteiger partial charge >= 0.3 is 5.78 Å². The van der Waals surface area contributed by atoms with E-state index in [1.54, 1.807) is 12.4 Å². The van der Waals surface area contributed by atoms with Crippen LogP contribution in [0.5, 0.6) is 0 Å². The summed E-state index contributed by atoms with van der Waals surface area (Å²) < 4.78 is 10.1. The van der Waals surface area contributed by atoms with Crippen molar-refractivity contribution in [1.29, 1.82) is 0 Å². The van der Waals surface area contributed by atoms with Crippen molar-refractivity contribution >= 4 is 22.3 Å². The van der Waals surface area contributed by atoms with Gasteiger partial charge in [-0.25, -0.2) is 4.98 Å². The Hall–Kier alpha value is -1.84. The predicted octanol–water partition coefficient (Wildman–Crippen LogP) is 1.97. The number of aromatic nitrogens is 2. The number of nitrogens with zero attached hydrogens (tertiary/aromatic N) is 2. The van der Waals surface area contributed by atoms with Gasteiger partial charge in [0, 0.05) is 6.20 Å². The zero-order valence-electron chi connectivity index (χ0n) is 6.02. The first-order chi connectivity index (χ1) is 5.95. The Morgan fingerprint density at radius 3 is 3.25 bits per heavy atom. The summed E-state index contributed by atoms with van der Waals surface area (Å²) in [5.41, 5.74) is 0.591. The highest BCUT2D eigenvalue weighted by Crippen LogP contribution is 2.25. The number of hydrogen-bond acceptors (Lipinski definition) is 4. The highest BCUT2D eigenvalue weighted by molar-refractivity contribution is 6.00. The number of fused-ring (bicyclic) bond motifs is 3. The van der Waals surface area contributed by atoms with E-state index in [1.807, 2.05) is 12.1 Å². The third kappa shape index (κ3) is 0.567. The Morgan fingerprint density at radius 2 is 2.25 bits per heavy atom. The fourth-order valence-corrected chi connectivity index (χ4v) is 1.25. The van der Waals surface area contributed by atoms with E-state index in [4.69, 9.17) is 8.94 Å². The summed E-state index contributed by atoms with van der Waals surface area (Å²) in [6.07, 6.45) is 3.31. The summed E-state index contributed by atoms with van der Waals surface area (Å²) in [5.74, 6) is 0.434. The molecule has 0 aliphatic carbocycles. The van der Waals surface area contributed by atoms with Gasteiger partial charge in [-0.3, -0.25) is 0 Å². The lowest BCUT2D eigenvalue weighted by molar-refractivity contribution is 0.396. The molecule has 0 atom stereocenters. The molecule has 0 N–H and O–H groups in total. The molecule has 0 aliphatic rings. The lowest BCUT2D eigenvalue weighted by Gasteiger charge is -1.81. The Balaban J connectivity index is 2.68. The summed E-state index contributed by atoms with van der Waals surface area (Å²) in [6.45, 7) is 0. The molecule has 0 spiro atoms. The topological polar surface area (TPSA) is 52.1 Å². The lowest BCUT2D eigenvalue weighted by Crippen LogP contribution is -1.68. The van der Waals surface area contributed by atoms with Crippen molar-refractivity contribution in [1.82, 2.24) is 10.1 Å². The summed E-state index contributed by atoms with van der Waals surface area (Å²) in [7, 11) is 0. The van der Waals surface area contributed by atoms with Crippen LogP contribution in [-0.2, 0) is 0 Å². The molecule has 0 saturated carbocycles. The third-order valence-corrected chi connectivity index (χ3v) is 1.79. The summed E-state index contributed by atoms with van der Waals surface area (Å²) in [6, 6.07) is 3.77. The largest absolute Gasteiger partial charge is 0.404 e. The Kier molecular flexibility index (Phi) is 0.889. The summed E-state index contributed by atoms with van der Waals surface area (Å²) >= 11 is 0. The first kappa shape index (κ1) is 5.77. The van der Waals surface area contributed by atoms with Gasteiger partial charge in [0.2, 0.25) is 5.71 Å². The maximum Gasteiger partial charge on any atom is 0.326 e. The van der Waals surface area contributed by atoms with E-state index in [0.29, 0.717) is 11.5 Å². The molecule has 58 valence electrons. The van der Waals surface area contributed by atoms with E-state index in [-0.39, 0.29) is 0 Å². The monoisotopic (exact) mass is 160 g/mol. The van der Waals surface area contributed by atoms with E-state index in [9.17, 15) is 0 Å². The minimum absolute atomic E-state index is 0.434. The van der Waals surface area contributed by atoms with Gasteiger partial charge in [-0.05, 0) is 12.1 Å². The molecule has 0 aromatic carbocycles. The molecule has 3 rings (SSSR count). The van der Waals surface area contributed by atoms with Gasteiger partial charge in [0.15, 0.2) is 0 Å². The van der Waals surface area contributed by atoms with Crippen LogP contribution in [0.3, 0.4) is 0 Å². The van der Waals surface area contributed by atoms with Crippen LogP contribution in [0.15, 0.2) is 33.5 Å². The summed E-state index contributed by atoms with van der Waals surface area (Å²) in [4.78, 5) is 4.04. The van der Waals surface area contributed by atoms with E-state index < -0.39 is 0 Å². The average Bonchev–Trinajstić information content (AvgIpc) is 2.62. The molecule has 4 nitrogen and oxygen atoms in total. The van der Waals surface area contributed by atoms with Crippen molar-refractivity contribution in [3.63, 3.8) is 0 Å². The molecule has 0 unspecified atom stereocenters. The quantitative estimate of drug-likeness (QED) is 0.504. The maximum atomic E-state index is 5.25. The molecular weight excluding hydrogens is 156 g/mol. The van der Waals surface area contributed by atoms with Crippen LogP contribution in [0.1, 0.15) is 0 Å². The second-order valence-electron chi connectivity index (χ2n) is 2.49. The van der Waals surface area contributed by atoms with Crippen LogP contribution >= 0.6 is 0 Å². The Morgan fingerprint density at radius 1 is 1.25 bits per heavy atom. The van der Waals surface area contributed by atoms with Crippen molar-refractivity contribution in [2.45, 2.75) is 0 Å². The standard InChI is InChI=1S/C8H4N2O2/c1-2-5-6-4-10-12-8(6)11-7(5)9-3-1/h1-4H. The molecule has 3 heterocycles. The van der Waals surface area contributed by atoms with E-state index >= 15 is 0 Å². The van der Waals surface area contributed by atoms with Gasteiger partial charge in [-0.2, -0.15) is 0 Å². The van der Waals surface area contributed by atoms with Crippen LogP contribution in [0.2, 0.25) is 0 Å². The van der Waals surface area contributed by atoms with E-state index in [1.165, 1.54) is 0 Å². The molecule has 0 bridgehead atoms. The second-order valence-corrected chi connectivity index (χ2v) is 2.49. The Bertz CT molecular complexity index is 537. The van der Waals surface area contributed by atoms with Crippen LogP contribution in [0, 0.1) is 0 Å². The molecule has 0 aliphatic heterocycles. The first-order valence-electron chi connectivity index (χ1n) is 3.53. The minimum atomic E-state index is 0.434. The fraction of sp³-hybridized carbons (Fsp3) is 0. The number of hydrogen-bond donors (Lipinski definition) is 0. The Labute approximate surface area is 66.8 Å². The third-order valence-electron chi connectivity index (χ3n) is 1.79. The highest BCUT2D eigenvalue weighted by Gasteiger charge is 2.09. The van der Waals surface area contributed by atoms with Gasteiger partial charge in [0.25, 0.3) is 0 Å². The molecule has 0 saturated heterocycles. The minimum Gasteiger partial charge on any atom is -0.404 e. The number of rotatable bonds is 0. The maximum absolute atomic E-state index is 5.25. The molecule has 0 fully saturated rings. The predicted molar refractivity (Wildman–Crippen MR) is 41.6 cm³/mol. The van der Waals surface area contributed by atoms with E-state index in [0.717, 1.165) is 10.8 Å². The normalized spacial score (nSPS) is 11.3. The smallest absolute Gasteiger partial charge is 0.326 e.